The maximum atomic E-state index is 2.45. The van der Waals surface area contributed by atoms with E-state index in [2.05, 4.69) is 241 Å². The molecule has 280 valence electrons. The van der Waals surface area contributed by atoms with Crippen molar-refractivity contribution in [2.75, 3.05) is 4.90 Å². The van der Waals surface area contributed by atoms with E-state index in [9.17, 15) is 0 Å². The van der Waals surface area contributed by atoms with Gasteiger partial charge in [0.2, 0.25) is 0 Å². The van der Waals surface area contributed by atoms with E-state index in [1.54, 1.807) is 0 Å². The van der Waals surface area contributed by atoms with Crippen molar-refractivity contribution < 1.29 is 0 Å². The van der Waals surface area contributed by atoms with Gasteiger partial charge in [-0.05, 0) is 136 Å². The molecule has 0 atom stereocenters. The first kappa shape index (κ1) is 34.3. The number of para-hydroxylation sites is 1. The van der Waals surface area contributed by atoms with Crippen LogP contribution < -0.4 is 4.90 Å². The van der Waals surface area contributed by atoms with Gasteiger partial charge in [-0.2, -0.15) is 0 Å². The highest BCUT2D eigenvalue weighted by molar-refractivity contribution is 6.25. The highest BCUT2D eigenvalue weighted by Crippen LogP contribution is 2.57. The van der Waals surface area contributed by atoms with Crippen molar-refractivity contribution in [2.24, 2.45) is 0 Å². The van der Waals surface area contributed by atoms with Gasteiger partial charge in [0, 0.05) is 17.1 Å². The number of benzene rings is 11. The molecule has 0 N–H and O–H groups in total. The van der Waals surface area contributed by atoms with Crippen LogP contribution in [0.25, 0.3) is 65.3 Å². The van der Waals surface area contributed by atoms with Crippen LogP contribution in [0.4, 0.5) is 17.1 Å². The van der Waals surface area contributed by atoms with Crippen LogP contribution >= 0.6 is 0 Å². The van der Waals surface area contributed by atoms with E-state index in [1.165, 1.54) is 87.6 Å². The Morgan fingerprint density at radius 1 is 0.267 bits per heavy atom. The SMILES string of the molecule is c1ccc(N(c2ccc3c(c2)C(c2ccccc2)(c2ccccc2)c2ccccc2-3)c2ccc3cc(-c4ccc5c6ccccc6c6ccccc6c5c4)ccc3c2)cc1. The number of fused-ring (bicyclic) bond motifs is 10. The second-order valence-electron chi connectivity index (χ2n) is 16.0. The Morgan fingerprint density at radius 3 is 1.42 bits per heavy atom. The van der Waals surface area contributed by atoms with Gasteiger partial charge in [0.1, 0.15) is 0 Å². The molecule has 11 aromatic rings. The Bertz CT molecular complexity index is 3350. The Kier molecular flexibility index (Phi) is 7.83. The van der Waals surface area contributed by atoms with E-state index < -0.39 is 5.41 Å². The van der Waals surface area contributed by atoms with Crippen molar-refractivity contribution in [3.05, 3.63) is 259 Å². The minimum atomic E-state index is -0.477. The Hall–Kier alpha value is -7.74. The summed E-state index contributed by atoms with van der Waals surface area (Å²) in [6, 6.07) is 87.3. The predicted molar refractivity (Wildman–Crippen MR) is 254 cm³/mol. The van der Waals surface area contributed by atoms with Gasteiger partial charge in [0.15, 0.2) is 0 Å². The lowest BCUT2D eigenvalue weighted by Crippen LogP contribution is -2.28. The molecular formula is C59H39N. The summed E-state index contributed by atoms with van der Waals surface area (Å²) in [5.41, 5.74) is 13.0. The molecule has 12 rings (SSSR count). The fraction of sp³-hybridized carbons (Fsp3) is 0.0169. The van der Waals surface area contributed by atoms with Gasteiger partial charge in [-0.1, -0.05) is 188 Å². The summed E-state index contributed by atoms with van der Waals surface area (Å²) in [4.78, 5) is 2.41. The van der Waals surface area contributed by atoms with Crippen LogP contribution in [0.2, 0.25) is 0 Å². The summed E-state index contributed by atoms with van der Waals surface area (Å²) >= 11 is 0. The minimum absolute atomic E-state index is 0.477. The van der Waals surface area contributed by atoms with Crippen molar-refractivity contribution in [1.29, 1.82) is 0 Å². The summed E-state index contributed by atoms with van der Waals surface area (Å²) in [6.45, 7) is 0. The summed E-state index contributed by atoms with van der Waals surface area (Å²) in [5, 5.41) is 10.2. The molecule has 0 saturated carbocycles. The highest BCUT2D eigenvalue weighted by Gasteiger charge is 2.46. The topological polar surface area (TPSA) is 3.24 Å². The first-order valence-corrected chi connectivity index (χ1v) is 20.8. The van der Waals surface area contributed by atoms with E-state index >= 15 is 0 Å². The van der Waals surface area contributed by atoms with Gasteiger partial charge in [-0.25, -0.2) is 0 Å². The van der Waals surface area contributed by atoms with Crippen molar-refractivity contribution in [2.45, 2.75) is 5.41 Å². The largest absolute Gasteiger partial charge is 0.310 e. The lowest BCUT2D eigenvalue weighted by Gasteiger charge is -2.35. The lowest BCUT2D eigenvalue weighted by atomic mass is 9.67. The zero-order valence-electron chi connectivity index (χ0n) is 33.0. The van der Waals surface area contributed by atoms with Crippen molar-refractivity contribution in [3.63, 3.8) is 0 Å². The molecule has 11 aromatic carbocycles. The second-order valence-corrected chi connectivity index (χ2v) is 16.0. The Morgan fingerprint density at radius 2 is 0.733 bits per heavy atom. The number of hydrogen-bond acceptors (Lipinski definition) is 1. The summed E-state index contributed by atoms with van der Waals surface area (Å²) in [6.07, 6.45) is 0. The van der Waals surface area contributed by atoms with Gasteiger partial charge in [0.05, 0.1) is 5.41 Å². The highest BCUT2D eigenvalue weighted by atomic mass is 15.1. The molecule has 0 bridgehead atoms. The maximum Gasteiger partial charge on any atom is 0.0714 e. The standard InChI is InChI=1S/C59H39N/c1-4-16-44(17-5-1)59(45-18-6-2-7-19-45)57-27-15-14-26-54(57)55-35-33-48(39-58(55)59)60(46-20-8-3-9-21-46)47-32-30-41-36-40(28-29-42(41)37-47)43-31-34-53-51-24-11-10-22-49(51)50-23-12-13-25-52(50)56(53)38-43/h1-39H. The number of anilines is 3. The van der Waals surface area contributed by atoms with E-state index in [1.807, 2.05) is 0 Å². The smallest absolute Gasteiger partial charge is 0.0714 e. The Balaban J connectivity index is 1.00. The summed E-state index contributed by atoms with van der Waals surface area (Å²) in [7, 11) is 0. The van der Waals surface area contributed by atoms with Crippen molar-refractivity contribution >= 4 is 60.2 Å². The average molecular weight is 762 g/mol. The fourth-order valence-corrected chi connectivity index (χ4v) is 10.2. The van der Waals surface area contributed by atoms with Crippen LogP contribution in [0.1, 0.15) is 22.3 Å². The molecular weight excluding hydrogens is 723 g/mol. The molecule has 1 heteroatoms. The molecule has 0 fully saturated rings. The first-order chi connectivity index (χ1) is 29.8. The summed E-state index contributed by atoms with van der Waals surface area (Å²) in [5.74, 6) is 0. The molecule has 1 nitrogen and oxygen atoms in total. The molecule has 0 saturated heterocycles. The maximum absolute atomic E-state index is 2.45. The molecule has 0 radical (unpaired) electrons. The van der Waals surface area contributed by atoms with Gasteiger partial charge >= 0.3 is 0 Å². The molecule has 1 aliphatic carbocycles. The van der Waals surface area contributed by atoms with Crippen molar-refractivity contribution in [3.8, 4) is 22.3 Å². The third-order valence-corrected chi connectivity index (χ3v) is 12.9. The molecule has 0 aromatic heterocycles. The van der Waals surface area contributed by atoms with Crippen LogP contribution in [0.5, 0.6) is 0 Å². The third kappa shape index (κ3) is 5.19. The molecule has 1 aliphatic rings. The van der Waals surface area contributed by atoms with E-state index in [0.29, 0.717) is 0 Å². The van der Waals surface area contributed by atoms with Crippen LogP contribution in [0.15, 0.2) is 237 Å². The van der Waals surface area contributed by atoms with E-state index in [4.69, 9.17) is 0 Å². The molecule has 0 spiro atoms. The third-order valence-electron chi connectivity index (χ3n) is 12.9. The minimum Gasteiger partial charge on any atom is -0.310 e. The van der Waals surface area contributed by atoms with Crippen LogP contribution in [-0.2, 0) is 5.41 Å². The fourth-order valence-electron chi connectivity index (χ4n) is 10.2. The predicted octanol–water partition coefficient (Wildman–Crippen LogP) is 15.8. The zero-order chi connectivity index (χ0) is 39.6. The lowest BCUT2D eigenvalue weighted by molar-refractivity contribution is 0.768. The first-order valence-electron chi connectivity index (χ1n) is 20.8. The van der Waals surface area contributed by atoms with E-state index in [0.717, 1.165) is 17.1 Å². The van der Waals surface area contributed by atoms with Gasteiger partial charge in [-0.15, -0.1) is 0 Å². The molecule has 0 amide bonds. The normalized spacial score (nSPS) is 12.8. The van der Waals surface area contributed by atoms with Gasteiger partial charge in [-0.3, -0.25) is 0 Å². The van der Waals surface area contributed by atoms with Crippen molar-refractivity contribution in [1.82, 2.24) is 0 Å². The molecule has 60 heavy (non-hydrogen) atoms. The molecule has 0 heterocycles. The van der Waals surface area contributed by atoms with Gasteiger partial charge in [0.25, 0.3) is 0 Å². The molecule has 0 aliphatic heterocycles. The monoisotopic (exact) mass is 761 g/mol. The zero-order valence-corrected chi connectivity index (χ0v) is 33.0. The number of nitrogens with zero attached hydrogens (tertiary/aromatic N) is 1. The van der Waals surface area contributed by atoms with Gasteiger partial charge < -0.3 is 4.90 Å². The number of rotatable bonds is 6. The molecule has 0 unspecified atom stereocenters. The average Bonchev–Trinajstić information content (AvgIpc) is 3.62. The van der Waals surface area contributed by atoms with Crippen LogP contribution in [0.3, 0.4) is 0 Å². The second kappa shape index (κ2) is 13.7. The van der Waals surface area contributed by atoms with Crippen LogP contribution in [-0.4, -0.2) is 0 Å². The Labute approximate surface area is 350 Å². The van der Waals surface area contributed by atoms with E-state index in [-0.39, 0.29) is 0 Å². The number of hydrogen-bond donors (Lipinski definition) is 0. The quantitative estimate of drug-likeness (QED) is 0.153. The van der Waals surface area contributed by atoms with Crippen LogP contribution in [0, 0.1) is 0 Å². The summed E-state index contributed by atoms with van der Waals surface area (Å²) < 4.78 is 0.